The Hall–Kier alpha value is -6.65. The van der Waals surface area contributed by atoms with Gasteiger partial charge < -0.3 is 9.67 Å². The van der Waals surface area contributed by atoms with E-state index in [9.17, 15) is 5.11 Å². The Labute approximate surface area is 404 Å². The molecule has 4 heterocycles. The summed E-state index contributed by atoms with van der Waals surface area (Å²) in [5.74, 6) is 0.190. The number of para-hydroxylation sites is 3. The second-order valence-electron chi connectivity index (χ2n) is 19.2. The number of rotatable bonds is 6. The molecule has 0 aliphatic rings. The Morgan fingerprint density at radius 2 is 1.11 bits per heavy atom. The molecule has 0 saturated carbocycles. The number of phenols is 1. The third kappa shape index (κ3) is 7.64. The van der Waals surface area contributed by atoms with Gasteiger partial charge in [0, 0.05) is 80.7 Å². The molecule has 0 aliphatic carbocycles. The summed E-state index contributed by atoms with van der Waals surface area (Å²) in [5.41, 5.74) is 15.0. The monoisotopic (exact) mass is 1050 g/mol. The van der Waals surface area contributed by atoms with Crippen LogP contribution in [0.2, 0.25) is 0 Å². The number of nitrogens with zero attached hydrogens (tertiary/aromatic N) is 3. The number of benzene rings is 7. The van der Waals surface area contributed by atoms with E-state index in [4.69, 9.17) is 9.97 Å². The molecule has 6 heteroatoms. The van der Waals surface area contributed by atoms with Crippen molar-refractivity contribution < 1.29 is 26.2 Å². The van der Waals surface area contributed by atoms with Gasteiger partial charge in [0.15, 0.2) is 0 Å². The van der Waals surface area contributed by atoms with E-state index >= 15 is 0 Å². The fourth-order valence-electron chi connectivity index (χ4n) is 9.28. The summed E-state index contributed by atoms with van der Waals surface area (Å²) in [5, 5.41) is 16.1. The van der Waals surface area contributed by atoms with E-state index in [1.54, 1.807) is 6.07 Å². The van der Waals surface area contributed by atoms with Gasteiger partial charge in [-0.2, -0.15) is 0 Å². The zero-order chi connectivity index (χ0) is 44.6. The summed E-state index contributed by atoms with van der Waals surface area (Å²) in [6.07, 6.45) is 1.91. The third-order valence-corrected chi connectivity index (χ3v) is 13.9. The van der Waals surface area contributed by atoms with Gasteiger partial charge in [-0.05, 0) is 87.2 Å². The van der Waals surface area contributed by atoms with Crippen molar-refractivity contribution in [3.05, 3.63) is 193 Å². The molecule has 0 fully saturated rings. The van der Waals surface area contributed by atoms with Crippen LogP contribution in [0.1, 0.15) is 52.7 Å². The van der Waals surface area contributed by atoms with Crippen LogP contribution in [-0.4, -0.2) is 19.6 Å². The van der Waals surface area contributed by atoms with E-state index in [-0.39, 0.29) is 37.6 Å². The molecule has 11 rings (SSSR count). The molecular formula is C60H48N3OPtS-. The van der Waals surface area contributed by atoms with Crippen LogP contribution in [0.3, 0.4) is 0 Å². The van der Waals surface area contributed by atoms with Crippen molar-refractivity contribution in [3.63, 3.8) is 0 Å². The van der Waals surface area contributed by atoms with Gasteiger partial charge in [-0.15, -0.1) is 35.6 Å². The van der Waals surface area contributed by atoms with Crippen LogP contribution < -0.4 is 0 Å². The first-order chi connectivity index (χ1) is 31.4. The van der Waals surface area contributed by atoms with Gasteiger partial charge in [0.25, 0.3) is 0 Å². The maximum Gasteiger partial charge on any atom is 0.124 e. The molecule has 0 spiro atoms. The van der Waals surface area contributed by atoms with Crippen molar-refractivity contribution in [3.8, 4) is 67.5 Å². The Kier molecular flexibility index (Phi) is 10.9. The van der Waals surface area contributed by atoms with Crippen molar-refractivity contribution in [1.29, 1.82) is 0 Å². The molecule has 1 N–H and O–H groups in total. The zero-order valence-electron chi connectivity index (χ0n) is 37.8. The molecule has 326 valence electrons. The van der Waals surface area contributed by atoms with Gasteiger partial charge in [-0.3, -0.25) is 9.97 Å². The summed E-state index contributed by atoms with van der Waals surface area (Å²) in [6.45, 7) is 13.6. The molecule has 0 atom stereocenters. The fourth-order valence-corrected chi connectivity index (χ4v) is 10.4. The van der Waals surface area contributed by atoms with Gasteiger partial charge >= 0.3 is 0 Å². The summed E-state index contributed by atoms with van der Waals surface area (Å²) in [6, 6.07) is 63.7. The molecule has 0 amide bonds. The van der Waals surface area contributed by atoms with Gasteiger partial charge in [0.2, 0.25) is 0 Å². The Morgan fingerprint density at radius 1 is 0.515 bits per heavy atom. The number of aromatic nitrogens is 3. The Morgan fingerprint density at radius 3 is 1.88 bits per heavy atom. The van der Waals surface area contributed by atoms with Crippen LogP contribution in [0, 0.1) is 6.07 Å². The van der Waals surface area contributed by atoms with E-state index in [0.29, 0.717) is 11.3 Å². The quantitative estimate of drug-likeness (QED) is 0.169. The zero-order valence-corrected chi connectivity index (χ0v) is 40.8. The first-order valence-electron chi connectivity index (χ1n) is 22.3. The van der Waals surface area contributed by atoms with Crippen LogP contribution in [-0.2, 0) is 31.9 Å². The van der Waals surface area contributed by atoms with Crippen molar-refractivity contribution >= 4 is 53.3 Å². The van der Waals surface area contributed by atoms with Crippen molar-refractivity contribution in [1.82, 2.24) is 14.5 Å². The molecule has 0 unspecified atom stereocenters. The maximum atomic E-state index is 11.1. The first-order valence-corrected chi connectivity index (χ1v) is 23.1. The van der Waals surface area contributed by atoms with Gasteiger partial charge in [0.05, 0.1) is 22.4 Å². The van der Waals surface area contributed by atoms with Crippen LogP contribution >= 0.6 is 11.3 Å². The average Bonchev–Trinajstić information content (AvgIpc) is 3.87. The number of hydrogen-bond acceptors (Lipinski definition) is 4. The van der Waals surface area contributed by atoms with E-state index in [1.165, 1.54) is 53.3 Å². The molecule has 4 aromatic heterocycles. The average molecular weight is 1050 g/mol. The van der Waals surface area contributed by atoms with Crippen molar-refractivity contribution in [2.45, 2.75) is 52.4 Å². The summed E-state index contributed by atoms with van der Waals surface area (Å²) in [7, 11) is 0. The molecule has 0 radical (unpaired) electrons. The second-order valence-corrected chi connectivity index (χ2v) is 20.2. The number of aromatic hydroxyl groups is 1. The molecular weight excluding hydrogens is 1010 g/mol. The largest absolute Gasteiger partial charge is 0.507 e. The van der Waals surface area contributed by atoms with Crippen LogP contribution in [0.5, 0.6) is 5.75 Å². The third-order valence-electron chi connectivity index (χ3n) is 12.7. The standard InChI is InChI=1S/C60H48N3OS.Pt/c1-59(2,3)42-31-40(32-43(36-42)60(4,5)6)41-34-50(62-51(35-41)47-19-8-11-25-54(47)64)39-17-13-16-38(30-39)49-33-37(28-29-61-49)44-21-14-22-46-45-18-7-10-23-52(45)63(58(44)46)53-24-15-27-56-57(53)48-20-9-12-26-55(48)65-56;/h7-29,31-36,64H,1-6H3;/q-1;. The normalized spacial score (nSPS) is 12.0. The SMILES string of the molecule is CC(C)(C)c1cc(-c2cc(-c3[c-]c(-c4cc(-c5cccc6c7ccccc7n(-c7cccc8sc9ccccc9c78)c56)ccn4)ccc3)nc(-c3ccccc3O)c2)cc(C(C)(C)C)c1.[Pt]. The molecule has 0 bridgehead atoms. The number of fused-ring (bicyclic) bond motifs is 6. The summed E-state index contributed by atoms with van der Waals surface area (Å²) < 4.78 is 5.03. The smallest absolute Gasteiger partial charge is 0.124 e. The number of hydrogen-bond donors (Lipinski definition) is 1. The molecule has 4 nitrogen and oxygen atoms in total. The topological polar surface area (TPSA) is 50.9 Å². The van der Waals surface area contributed by atoms with E-state index in [2.05, 4.69) is 198 Å². The molecule has 11 aromatic rings. The van der Waals surface area contributed by atoms with Gasteiger partial charge in [0.1, 0.15) is 5.75 Å². The molecule has 7 aromatic carbocycles. The van der Waals surface area contributed by atoms with Crippen LogP contribution in [0.4, 0.5) is 0 Å². The minimum atomic E-state index is -0.0505. The Bertz CT molecular complexity index is 3630. The summed E-state index contributed by atoms with van der Waals surface area (Å²) >= 11 is 1.84. The van der Waals surface area contributed by atoms with Gasteiger partial charge in [-0.25, -0.2) is 0 Å². The minimum Gasteiger partial charge on any atom is -0.507 e. The summed E-state index contributed by atoms with van der Waals surface area (Å²) in [4.78, 5) is 10.2. The number of pyridine rings is 2. The first kappa shape index (κ1) is 43.3. The molecule has 66 heavy (non-hydrogen) atoms. The predicted molar refractivity (Wildman–Crippen MR) is 274 cm³/mol. The van der Waals surface area contributed by atoms with Crippen molar-refractivity contribution in [2.75, 3.05) is 0 Å². The van der Waals surface area contributed by atoms with Crippen molar-refractivity contribution in [2.24, 2.45) is 0 Å². The number of thiophene rings is 1. The van der Waals surface area contributed by atoms with Gasteiger partial charge in [-0.1, -0.05) is 156 Å². The van der Waals surface area contributed by atoms with E-state index < -0.39 is 0 Å². The second kappa shape index (κ2) is 16.7. The van der Waals surface area contributed by atoms with E-state index in [1.807, 2.05) is 35.7 Å². The predicted octanol–water partition coefficient (Wildman–Crippen LogP) is 16.4. The minimum absolute atomic E-state index is 0. The fraction of sp³-hybridized carbons (Fsp3) is 0.133. The maximum absolute atomic E-state index is 11.1. The Balaban J connectivity index is 0.00000511. The molecule has 0 aliphatic heterocycles. The van der Waals surface area contributed by atoms with E-state index in [0.717, 1.165) is 50.3 Å². The van der Waals surface area contributed by atoms with Crippen LogP contribution in [0.15, 0.2) is 176 Å². The van der Waals surface area contributed by atoms with Crippen LogP contribution in [0.25, 0.3) is 104 Å². The number of phenolic OH excluding ortho intramolecular Hbond substituents is 1. The molecule has 0 saturated heterocycles.